The molecular formula is C8H12N4S. The van der Waals surface area contributed by atoms with Crippen LogP contribution in [0.5, 0.6) is 0 Å². The van der Waals surface area contributed by atoms with Gasteiger partial charge in [0.05, 0.1) is 11.1 Å². The summed E-state index contributed by atoms with van der Waals surface area (Å²) < 4.78 is 1.73. The van der Waals surface area contributed by atoms with Gasteiger partial charge < -0.3 is 5.73 Å². The second kappa shape index (κ2) is 4.19. The highest BCUT2D eigenvalue weighted by molar-refractivity contribution is 8.03. The van der Waals surface area contributed by atoms with Crippen molar-refractivity contribution in [3.63, 3.8) is 0 Å². The van der Waals surface area contributed by atoms with Gasteiger partial charge in [-0.25, -0.2) is 4.68 Å². The predicted molar refractivity (Wildman–Crippen MR) is 52.9 cm³/mol. The third-order valence-electron chi connectivity index (χ3n) is 1.54. The van der Waals surface area contributed by atoms with Crippen LogP contribution in [0.15, 0.2) is 11.1 Å². The van der Waals surface area contributed by atoms with Gasteiger partial charge in [-0.3, -0.25) is 0 Å². The minimum atomic E-state index is 0.502. The molecule has 0 bridgehead atoms. The molecule has 0 unspecified atom stereocenters. The average Bonchev–Trinajstić information content (AvgIpc) is 2.36. The zero-order valence-electron chi connectivity index (χ0n) is 7.69. The Kier molecular flexibility index (Phi) is 3.20. The van der Waals surface area contributed by atoms with Crippen LogP contribution in [-0.4, -0.2) is 9.78 Å². The topological polar surface area (TPSA) is 67.6 Å². The molecule has 70 valence electrons. The Morgan fingerprint density at radius 1 is 1.77 bits per heavy atom. The molecule has 0 aliphatic rings. The Balaban J connectivity index is 2.81. The van der Waals surface area contributed by atoms with E-state index in [0.29, 0.717) is 11.7 Å². The quantitative estimate of drug-likeness (QED) is 0.590. The van der Waals surface area contributed by atoms with Crippen LogP contribution in [0.1, 0.15) is 13.8 Å². The fraction of sp³-hybridized carbons (Fsp3) is 0.500. The number of rotatable bonds is 3. The monoisotopic (exact) mass is 196 g/mol. The fourth-order valence-electron chi connectivity index (χ4n) is 0.997. The number of hydrogen-bond acceptors (Lipinski definition) is 4. The molecule has 4 nitrogen and oxygen atoms in total. The van der Waals surface area contributed by atoms with E-state index in [1.807, 2.05) is 5.40 Å². The molecular weight excluding hydrogens is 184 g/mol. The van der Waals surface area contributed by atoms with Gasteiger partial charge in [-0.15, -0.1) is 0 Å². The Hall–Kier alpha value is -1.15. The summed E-state index contributed by atoms with van der Waals surface area (Å²) in [5.41, 5.74) is 5.77. The van der Waals surface area contributed by atoms with E-state index < -0.39 is 0 Å². The van der Waals surface area contributed by atoms with Crippen LogP contribution in [0.4, 0.5) is 5.82 Å². The molecule has 0 spiro atoms. The molecule has 0 saturated carbocycles. The van der Waals surface area contributed by atoms with Crippen molar-refractivity contribution >= 4 is 17.6 Å². The van der Waals surface area contributed by atoms with E-state index in [2.05, 4.69) is 18.9 Å². The molecule has 0 aromatic carbocycles. The zero-order valence-corrected chi connectivity index (χ0v) is 8.51. The fourth-order valence-corrected chi connectivity index (χ4v) is 1.40. The van der Waals surface area contributed by atoms with Crippen molar-refractivity contribution in [3.05, 3.63) is 6.20 Å². The summed E-state index contributed by atoms with van der Waals surface area (Å²) in [7, 11) is 0. The van der Waals surface area contributed by atoms with E-state index in [1.165, 1.54) is 0 Å². The first kappa shape index (κ1) is 9.93. The van der Waals surface area contributed by atoms with Crippen LogP contribution in [0.25, 0.3) is 0 Å². The van der Waals surface area contributed by atoms with E-state index in [0.717, 1.165) is 23.2 Å². The third kappa shape index (κ3) is 2.39. The van der Waals surface area contributed by atoms with Crippen molar-refractivity contribution in [3.8, 4) is 5.40 Å². The van der Waals surface area contributed by atoms with Gasteiger partial charge in [-0.05, 0) is 17.7 Å². The standard InChI is InChI=1S/C8H12N4S/c1-6(2)4-12-8(10)7(3-11-12)13-5-9/h3,6H,4,10H2,1-2H3. The van der Waals surface area contributed by atoms with Gasteiger partial charge in [0, 0.05) is 6.54 Å². The van der Waals surface area contributed by atoms with Gasteiger partial charge in [0.1, 0.15) is 11.2 Å². The second-order valence-corrected chi connectivity index (χ2v) is 3.99. The minimum Gasteiger partial charge on any atom is -0.383 e. The van der Waals surface area contributed by atoms with E-state index in [1.54, 1.807) is 10.9 Å². The van der Waals surface area contributed by atoms with E-state index in [4.69, 9.17) is 11.0 Å². The van der Waals surface area contributed by atoms with Crippen molar-refractivity contribution in [2.45, 2.75) is 25.3 Å². The van der Waals surface area contributed by atoms with E-state index in [9.17, 15) is 0 Å². The van der Waals surface area contributed by atoms with Crippen molar-refractivity contribution in [1.29, 1.82) is 5.26 Å². The molecule has 0 fully saturated rings. The molecule has 1 heterocycles. The lowest BCUT2D eigenvalue weighted by molar-refractivity contribution is 0.488. The number of nitrogens with zero attached hydrogens (tertiary/aromatic N) is 3. The zero-order chi connectivity index (χ0) is 9.84. The Morgan fingerprint density at radius 3 is 3.00 bits per heavy atom. The molecule has 0 aliphatic carbocycles. The van der Waals surface area contributed by atoms with Crippen LogP contribution in [0.2, 0.25) is 0 Å². The van der Waals surface area contributed by atoms with Gasteiger partial charge >= 0.3 is 0 Å². The maximum absolute atomic E-state index is 8.46. The molecule has 0 amide bonds. The smallest absolute Gasteiger partial charge is 0.138 e. The van der Waals surface area contributed by atoms with Crippen LogP contribution < -0.4 is 5.73 Å². The summed E-state index contributed by atoms with van der Waals surface area (Å²) in [6.45, 7) is 4.98. The highest BCUT2D eigenvalue weighted by Gasteiger charge is 2.08. The first-order valence-corrected chi connectivity index (χ1v) is 4.84. The van der Waals surface area contributed by atoms with Crippen molar-refractivity contribution < 1.29 is 0 Å². The molecule has 2 N–H and O–H groups in total. The van der Waals surface area contributed by atoms with Crippen LogP contribution >= 0.6 is 11.8 Å². The summed E-state index contributed by atoms with van der Waals surface area (Å²) in [5, 5.41) is 14.5. The second-order valence-electron chi connectivity index (χ2n) is 3.16. The lowest BCUT2D eigenvalue weighted by Gasteiger charge is -2.06. The summed E-state index contributed by atoms with van der Waals surface area (Å²) in [6.07, 6.45) is 1.63. The first-order valence-electron chi connectivity index (χ1n) is 4.02. The Labute approximate surface area is 81.7 Å². The van der Waals surface area contributed by atoms with Gasteiger partial charge in [-0.2, -0.15) is 10.4 Å². The Morgan fingerprint density at radius 2 is 2.46 bits per heavy atom. The molecule has 1 aromatic heterocycles. The SMILES string of the molecule is CC(C)Cn1ncc(SC#N)c1N. The number of nitriles is 1. The van der Waals surface area contributed by atoms with Crippen LogP contribution in [-0.2, 0) is 6.54 Å². The third-order valence-corrected chi connectivity index (χ3v) is 2.16. The molecule has 13 heavy (non-hydrogen) atoms. The molecule has 0 aliphatic heterocycles. The molecule has 0 radical (unpaired) electrons. The van der Waals surface area contributed by atoms with Crippen molar-refractivity contribution in [2.75, 3.05) is 5.73 Å². The maximum atomic E-state index is 8.46. The number of nitrogen functional groups attached to an aromatic ring is 1. The maximum Gasteiger partial charge on any atom is 0.138 e. The number of nitrogens with two attached hydrogens (primary N) is 1. The summed E-state index contributed by atoms with van der Waals surface area (Å²) in [6, 6.07) is 0. The van der Waals surface area contributed by atoms with Gasteiger partial charge in [0.15, 0.2) is 0 Å². The lowest BCUT2D eigenvalue weighted by atomic mass is 10.2. The molecule has 0 atom stereocenters. The number of hydrogen-bond donors (Lipinski definition) is 1. The normalized spacial score (nSPS) is 10.3. The number of thioether (sulfide) groups is 1. The minimum absolute atomic E-state index is 0.502. The number of aromatic nitrogens is 2. The van der Waals surface area contributed by atoms with Crippen LogP contribution in [0.3, 0.4) is 0 Å². The van der Waals surface area contributed by atoms with Crippen molar-refractivity contribution in [2.24, 2.45) is 5.92 Å². The molecule has 0 saturated heterocycles. The molecule has 5 heteroatoms. The van der Waals surface area contributed by atoms with Gasteiger partial charge in [-0.1, -0.05) is 13.8 Å². The summed E-state index contributed by atoms with van der Waals surface area (Å²) >= 11 is 1.05. The first-order chi connectivity index (χ1) is 6.15. The highest BCUT2D eigenvalue weighted by atomic mass is 32.2. The van der Waals surface area contributed by atoms with Gasteiger partial charge in [0.2, 0.25) is 0 Å². The largest absolute Gasteiger partial charge is 0.383 e. The van der Waals surface area contributed by atoms with E-state index >= 15 is 0 Å². The van der Waals surface area contributed by atoms with Crippen molar-refractivity contribution in [1.82, 2.24) is 9.78 Å². The van der Waals surface area contributed by atoms with Crippen LogP contribution in [0, 0.1) is 16.6 Å². The molecule has 1 aromatic rings. The number of thiocyanates is 1. The molecule has 1 rings (SSSR count). The predicted octanol–water partition coefficient (Wildman–Crippen LogP) is 1.69. The lowest BCUT2D eigenvalue weighted by Crippen LogP contribution is -2.09. The summed E-state index contributed by atoms with van der Waals surface area (Å²) in [4.78, 5) is 0.739. The average molecular weight is 196 g/mol. The number of anilines is 1. The van der Waals surface area contributed by atoms with Gasteiger partial charge in [0.25, 0.3) is 0 Å². The summed E-state index contributed by atoms with van der Waals surface area (Å²) in [5.74, 6) is 1.09. The highest BCUT2D eigenvalue weighted by Crippen LogP contribution is 2.23. The van der Waals surface area contributed by atoms with E-state index in [-0.39, 0.29) is 0 Å². The Bertz CT molecular complexity index is 323.